The fraction of sp³-hybridized carbons (Fsp3) is 0.611. The molecule has 3 unspecified atom stereocenters. The van der Waals surface area contributed by atoms with Crippen molar-refractivity contribution in [2.75, 3.05) is 26.2 Å². The molecule has 0 bridgehead atoms. The van der Waals surface area contributed by atoms with Gasteiger partial charge in [-0.2, -0.15) is 0 Å². The van der Waals surface area contributed by atoms with Gasteiger partial charge in [0.25, 0.3) is 0 Å². The number of nitrogens with zero attached hydrogens (tertiary/aromatic N) is 1. The molecule has 3 atom stereocenters. The Morgan fingerprint density at radius 3 is 2.64 bits per heavy atom. The highest BCUT2D eigenvalue weighted by molar-refractivity contribution is 5.85. The molecule has 2 heterocycles. The lowest BCUT2D eigenvalue weighted by molar-refractivity contribution is -0.138. The number of carbonyl (C=O) groups is 1. The second-order valence-corrected chi connectivity index (χ2v) is 6.61. The molecule has 2 fully saturated rings. The highest BCUT2D eigenvalue weighted by Crippen LogP contribution is 2.33. The van der Waals surface area contributed by atoms with E-state index in [0.717, 1.165) is 45.4 Å². The number of carbonyl (C=O) groups excluding carboxylic acids is 1. The number of piperidine rings is 2. The summed E-state index contributed by atoms with van der Waals surface area (Å²) < 4.78 is 0. The van der Waals surface area contributed by atoms with Crippen LogP contribution in [-0.2, 0) is 4.79 Å². The molecule has 1 aromatic rings. The Bertz CT molecular complexity index is 473. The van der Waals surface area contributed by atoms with Gasteiger partial charge in [-0.3, -0.25) is 4.79 Å². The Kier molecular flexibility index (Phi) is 6.27. The molecule has 3 nitrogen and oxygen atoms in total. The molecule has 0 saturated carbocycles. The maximum atomic E-state index is 12.6. The van der Waals surface area contributed by atoms with E-state index in [0.29, 0.717) is 17.7 Å². The van der Waals surface area contributed by atoms with E-state index in [1.165, 1.54) is 5.56 Å². The van der Waals surface area contributed by atoms with Crippen LogP contribution < -0.4 is 5.32 Å². The first-order valence-corrected chi connectivity index (χ1v) is 8.30. The topological polar surface area (TPSA) is 32.3 Å². The third kappa shape index (κ3) is 3.82. The molecule has 4 heteroatoms. The Morgan fingerprint density at radius 1 is 1.23 bits per heavy atom. The van der Waals surface area contributed by atoms with Gasteiger partial charge in [-0.15, -0.1) is 12.4 Å². The van der Waals surface area contributed by atoms with Crippen LogP contribution in [0.25, 0.3) is 0 Å². The van der Waals surface area contributed by atoms with Crippen LogP contribution in [0.3, 0.4) is 0 Å². The predicted molar refractivity (Wildman–Crippen MR) is 92.4 cm³/mol. The number of likely N-dealkylation sites (tertiary alicyclic amines) is 1. The maximum absolute atomic E-state index is 12.6. The normalized spacial score (nSPS) is 28.8. The van der Waals surface area contributed by atoms with E-state index in [9.17, 15) is 4.79 Å². The second-order valence-electron chi connectivity index (χ2n) is 6.61. The van der Waals surface area contributed by atoms with E-state index in [1.807, 2.05) is 0 Å². The number of benzene rings is 1. The second kappa shape index (κ2) is 7.98. The van der Waals surface area contributed by atoms with Gasteiger partial charge in [-0.05, 0) is 43.2 Å². The van der Waals surface area contributed by atoms with Crippen LogP contribution in [0.1, 0.15) is 37.7 Å². The largest absolute Gasteiger partial charge is 0.342 e. The van der Waals surface area contributed by atoms with Gasteiger partial charge < -0.3 is 10.2 Å². The average Bonchev–Trinajstić information content (AvgIpc) is 2.55. The first-order chi connectivity index (χ1) is 10.3. The van der Waals surface area contributed by atoms with Crippen LogP contribution in [0.15, 0.2) is 30.3 Å². The SMILES string of the molecule is CC1CN(C(=O)C2CCCNC2)CCC1c1ccccc1.Cl. The van der Waals surface area contributed by atoms with E-state index in [4.69, 9.17) is 0 Å². The van der Waals surface area contributed by atoms with Crippen LogP contribution in [0.5, 0.6) is 0 Å². The summed E-state index contributed by atoms with van der Waals surface area (Å²) in [4.78, 5) is 14.7. The Hall–Kier alpha value is -1.06. The van der Waals surface area contributed by atoms with Crippen LogP contribution in [0.4, 0.5) is 0 Å². The van der Waals surface area contributed by atoms with Gasteiger partial charge in [-0.25, -0.2) is 0 Å². The molecule has 22 heavy (non-hydrogen) atoms. The predicted octanol–water partition coefficient (Wildman–Crippen LogP) is 3.06. The van der Waals surface area contributed by atoms with Crippen LogP contribution in [-0.4, -0.2) is 37.0 Å². The van der Waals surface area contributed by atoms with Crippen molar-refractivity contribution in [1.29, 1.82) is 0 Å². The van der Waals surface area contributed by atoms with Crippen molar-refractivity contribution >= 4 is 18.3 Å². The van der Waals surface area contributed by atoms with E-state index in [2.05, 4.69) is 47.5 Å². The van der Waals surface area contributed by atoms with E-state index < -0.39 is 0 Å². The quantitative estimate of drug-likeness (QED) is 0.907. The molecule has 2 aliphatic rings. The smallest absolute Gasteiger partial charge is 0.226 e. The van der Waals surface area contributed by atoms with E-state index >= 15 is 0 Å². The van der Waals surface area contributed by atoms with Gasteiger partial charge in [0, 0.05) is 19.6 Å². The van der Waals surface area contributed by atoms with Gasteiger partial charge in [0.15, 0.2) is 0 Å². The van der Waals surface area contributed by atoms with Gasteiger partial charge in [0.05, 0.1) is 5.92 Å². The summed E-state index contributed by atoms with van der Waals surface area (Å²) in [7, 11) is 0. The number of hydrogen-bond donors (Lipinski definition) is 1. The van der Waals surface area contributed by atoms with Crippen molar-refractivity contribution in [3.63, 3.8) is 0 Å². The summed E-state index contributed by atoms with van der Waals surface area (Å²) in [5.74, 6) is 1.72. The minimum absolute atomic E-state index is 0. The van der Waals surface area contributed by atoms with Crippen LogP contribution in [0, 0.1) is 11.8 Å². The van der Waals surface area contributed by atoms with Gasteiger partial charge in [0.1, 0.15) is 0 Å². The molecule has 0 aromatic heterocycles. The van der Waals surface area contributed by atoms with Gasteiger partial charge in [-0.1, -0.05) is 37.3 Å². The molecule has 0 radical (unpaired) electrons. The first kappa shape index (κ1) is 17.3. The molecule has 2 saturated heterocycles. The highest BCUT2D eigenvalue weighted by Gasteiger charge is 2.32. The summed E-state index contributed by atoms with van der Waals surface area (Å²) in [5, 5.41) is 3.35. The van der Waals surface area contributed by atoms with E-state index in [1.54, 1.807) is 0 Å². The van der Waals surface area contributed by atoms with Crippen molar-refractivity contribution in [2.45, 2.75) is 32.1 Å². The molecule has 122 valence electrons. The summed E-state index contributed by atoms with van der Waals surface area (Å²) in [6, 6.07) is 10.8. The third-order valence-electron chi connectivity index (χ3n) is 5.09. The monoisotopic (exact) mass is 322 g/mol. The molecule has 1 amide bonds. The molecular weight excluding hydrogens is 296 g/mol. The van der Waals surface area contributed by atoms with Crippen LogP contribution >= 0.6 is 12.4 Å². The molecule has 3 rings (SSSR count). The van der Waals surface area contributed by atoms with Crippen molar-refractivity contribution < 1.29 is 4.79 Å². The van der Waals surface area contributed by atoms with Gasteiger partial charge >= 0.3 is 0 Å². The molecule has 2 aliphatic heterocycles. The molecule has 0 spiro atoms. The first-order valence-electron chi connectivity index (χ1n) is 8.30. The Labute approximate surface area is 139 Å². The maximum Gasteiger partial charge on any atom is 0.226 e. The van der Waals surface area contributed by atoms with E-state index in [-0.39, 0.29) is 18.3 Å². The molecule has 1 aromatic carbocycles. The minimum atomic E-state index is 0. The fourth-order valence-electron chi connectivity index (χ4n) is 3.86. The lowest BCUT2D eigenvalue weighted by Crippen LogP contribution is -2.48. The number of nitrogens with one attached hydrogen (secondary N) is 1. The van der Waals surface area contributed by atoms with Crippen molar-refractivity contribution in [1.82, 2.24) is 10.2 Å². The van der Waals surface area contributed by atoms with Crippen molar-refractivity contribution in [2.24, 2.45) is 11.8 Å². The average molecular weight is 323 g/mol. The number of hydrogen-bond acceptors (Lipinski definition) is 2. The zero-order valence-corrected chi connectivity index (χ0v) is 14.1. The van der Waals surface area contributed by atoms with Gasteiger partial charge in [0.2, 0.25) is 5.91 Å². The zero-order chi connectivity index (χ0) is 14.7. The minimum Gasteiger partial charge on any atom is -0.342 e. The van der Waals surface area contributed by atoms with Crippen molar-refractivity contribution in [3.8, 4) is 0 Å². The number of rotatable bonds is 2. The zero-order valence-electron chi connectivity index (χ0n) is 13.3. The lowest BCUT2D eigenvalue weighted by Gasteiger charge is -2.39. The molecule has 1 N–H and O–H groups in total. The molecular formula is C18H27ClN2O. The Morgan fingerprint density at radius 2 is 2.00 bits per heavy atom. The Balaban J connectivity index is 0.00000176. The third-order valence-corrected chi connectivity index (χ3v) is 5.09. The van der Waals surface area contributed by atoms with Crippen molar-refractivity contribution in [3.05, 3.63) is 35.9 Å². The van der Waals surface area contributed by atoms with Crippen LogP contribution in [0.2, 0.25) is 0 Å². The standard InChI is InChI=1S/C18H26N2O.ClH/c1-14-13-20(18(21)16-8-5-10-19-12-16)11-9-17(14)15-6-3-2-4-7-15;/h2-4,6-7,14,16-17,19H,5,8-13H2,1H3;1H. The number of halogens is 1. The number of amides is 1. The summed E-state index contributed by atoms with van der Waals surface area (Å²) in [6.45, 7) is 6.05. The summed E-state index contributed by atoms with van der Waals surface area (Å²) in [5.41, 5.74) is 1.43. The summed E-state index contributed by atoms with van der Waals surface area (Å²) in [6.07, 6.45) is 3.28. The fourth-order valence-corrected chi connectivity index (χ4v) is 3.86. The lowest BCUT2D eigenvalue weighted by atomic mass is 9.81. The summed E-state index contributed by atoms with van der Waals surface area (Å²) >= 11 is 0. The highest BCUT2D eigenvalue weighted by atomic mass is 35.5. The molecule has 0 aliphatic carbocycles.